The third-order valence-corrected chi connectivity index (χ3v) is 3.51. The van der Waals surface area contributed by atoms with E-state index in [1.807, 2.05) is 19.2 Å². The van der Waals surface area contributed by atoms with Crippen molar-refractivity contribution in [1.82, 2.24) is 19.7 Å². The van der Waals surface area contributed by atoms with E-state index in [2.05, 4.69) is 15.1 Å². The van der Waals surface area contributed by atoms with Gasteiger partial charge in [0.05, 0.1) is 24.6 Å². The number of hydrogen-bond donors (Lipinski definition) is 0. The number of carbonyl (C=O) groups is 1. The summed E-state index contributed by atoms with van der Waals surface area (Å²) in [6.07, 6.45) is 7.41. The molecule has 7 heteroatoms. The number of aromatic nitrogens is 4. The lowest BCUT2D eigenvalue weighted by Crippen LogP contribution is -2.01. The fourth-order valence-corrected chi connectivity index (χ4v) is 2.29. The monoisotopic (exact) mass is 324 g/mol. The standard InChI is InChI=1S/C17H16N4O3/c1-21-15(3-4-20-21)13-5-12(7-18-8-13)11-24-16-9-19-17(23-2)6-14(16)10-22/h3-10H,11H2,1-2H3. The van der Waals surface area contributed by atoms with Crippen molar-refractivity contribution in [1.29, 1.82) is 0 Å². The van der Waals surface area contributed by atoms with Crippen molar-refractivity contribution in [3.05, 3.63) is 54.1 Å². The molecule has 0 spiro atoms. The molecule has 0 aromatic carbocycles. The average molecular weight is 324 g/mol. The van der Waals surface area contributed by atoms with Crippen molar-refractivity contribution in [2.75, 3.05) is 7.11 Å². The lowest BCUT2D eigenvalue weighted by Gasteiger charge is -2.10. The molecule has 0 unspecified atom stereocenters. The Hall–Kier alpha value is -3.22. The van der Waals surface area contributed by atoms with Crippen molar-refractivity contribution < 1.29 is 14.3 Å². The Kier molecular flexibility index (Phi) is 4.51. The van der Waals surface area contributed by atoms with Crippen LogP contribution < -0.4 is 9.47 Å². The predicted octanol–water partition coefficient (Wildman–Crippen LogP) is 2.28. The molecule has 0 saturated carbocycles. The Labute approximate surface area is 138 Å². The quantitative estimate of drug-likeness (QED) is 0.647. The third kappa shape index (κ3) is 3.24. The average Bonchev–Trinajstić information content (AvgIpc) is 3.06. The molecule has 0 aliphatic carbocycles. The van der Waals surface area contributed by atoms with Crippen LogP contribution in [0.5, 0.6) is 11.6 Å². The number of aldehydes is 1. The van der Waals surface area contributed by atoms with Gasteiger partial charge in [-0.25, -0.2) is 4.98 Å². The topological polar surface area (TPSA) is 79.1 Å². The molecule has 0 aliphatic rings. The van der Waals surface area contributed by atoms with Crippen LogP contribution in [0.1, 0.15) is 15.9 Å². The number of methoxy groups -OCH3 is 1. The van der Waals surface area contributed by atoms with Crippen molar-refractivity contribution in [3.63, 3.8) is 0 Å². The zero-order valence-corrected chi connectivity index (χ0v) is 13.3. The highest BCUT2D eigenvalue weighted by Crippen LogP contribution is 2.22. The normalized spacial score (nSPS) is 10.4. The zero-order chi connectivity index (χ0) is 16.9. The maximum absolute atomic E-state index is 11.2. The molecule has 3 rings (SSSR count). The van der Waals surface area contributed by atoms with Gasteiger partial charge in [0.2, 0.25) is 5.88 Å². The van der Waals surface area contributed by atoms with Gasteiger partial charge in [-0.05, 0) is 12.1 Å². The lowest BCUT2D eigenvalue weighted by molar-refractivity contribution is 0.111. The van der Waals surface area contributed by atoms with Gasteiger partial charge >= 0.3 is 0 Å². The molecule has 0 radical (unpaired) electrons. The Bertz CT molecular complexity index is 861. The van der Waals surface area contributed by atoms with Gasteiger partial charge in [0.1, 0.15) is 12.4 Å². The molecule has 3 aromatic heterocycles. The second-order valence-electron chi connectivity index (χ2n) is 5.09. The van der Waals surface area contributed by atoms with Gasteiger partial charge in [-0.1, -0.05) is 0 Å². The molecule has 3 aromatic rings. The van der Waals surface area contributed by atoms with Gasteiger partial charge in [0, 0.05) is 42.8 Å². The number of carbonyl (C=O) groups excluding carboxylic acids is 1. The minimum absolute atomic E-state index is 0.271. The first-order valence-corrected chi connectivity index (χ1v) is 7.25. The largest absolute Gasteiger partial charge is 0.486 e. The number of aryl methyl sites for hydroxylation is 1. The highest BCUT2D eigenvalue weighted by molar-refractivity contribution is 5.79. The van der Waals surface area contributed by atoms with Gasteiger partial charge in [-0.15, -0.1) is 0 Å². The first-order valence-electron chi connectivity index (χ1n) is 7.25. The van der Waals surface area contributed by atoms with E-state index < -0.39 is 0 Å². The lowest BCUT2D eigenvalue weighted by atomic mass is 10.1. The summed E-state index contributed by atoms with van der Waals surface area (Å²) < 4.78 is 12.5. The van der Waals surface area contributed by atoms with Crippen LogP contribution in [0.2, 0.25) is 0 Å². The van der Waals surface area contributed by atoms with E-state index in [9.17, 15) is 4.79 Å². The summed E-state index contributed by atoms with van der Waals surface area (Å²) in [6, 6.07) is 5.42. The minimum atomic E-state index is 0.271. The summed E-state index contributed by atoms with van der Waals surface area (Å²) >= 11 is 0. The molecular formula is C17H16N4O3. The third-order valence-electron chi connectivity index (χ3n) is 3.51. The van der Waals surface area contributed by atoms with Gasteiger partial charge in [-0.3, -0.25) is 14.5 Å². The van der Waals surface area contributed by atoms with Crippen molar-refractivity contribution in [2.24, 2.45) is 7.05 Å². The summed E-state index contributed by atoms with van der Waals surface area (Å²) in [7, 11) is 3.37. The van der Waals surface area contributed by atoms with Gasteiger partial charge < -0.3 is 9.47 Å². The maximum Gasteiger partial charge on any atom is 0.213 e. The zero-order valence-electron chi connectivity index (χ0n) is 13.3. The SMILES string of the molecule is COc1cc(C=O)c(OCc2cncc(-c3ccnn3C)c2)cn1. The molecule has 0 atom stereocenters. The number of pyridine rings is 2. The van der Waals surface area contributed by atoms with Crippen molar-refractivity contribution >= 4 is 6.29 Å². The molecule has 0 fully saturated rings. The van der Waals surface area contributed by atoms with Crippen LogP contribution in [0.15, 0.2) is 43.0 Å². The predicted molar refractivity (Wildman–Crippen MR) is 86.9 cm³/mol. The number of rotatable bonds is 6. The van der Waals surface area contributed by atoms with E-state index in [4.69, 9.17) is 9.47 Å². The Morgan fingerprint density at radius 1 is 1.25 bits per heavy atom. The molecule has 122 valence electrons. The van der Waals surface area contributed by atoms with E-state index in [0.717, 1.165) is 16.8 Å². The molecule has 7 nitrogen and oxygen atoms in total. The second-order valence-corrected chi connectivity index (χ2v) is 5.09. The Morgan fingerprint density at radius 3 is 2.83 bits per heavy atom. The summed E-state index contributed by atoms with van der Waals surface area (Å²) in [5, 5.41) is 4.15. The van der Waals surface area contributed by atoms with E-state index >= 15 is 0 Å². The molecule has 0 bridgehead atoms. The Balaban J connectivity index is 1.78. The summed E-state index contributed by atoms with van der Waals surface area (Å²) in [5.41, 5.74) is 3.17. The van der Waals surface area contributed by atoms with Gasteiger partial charge in [0.25, 0.3) is 0 Å². The smallest absolute Gasteiger partial charge is 0.213 e. The number of hydrogen-bond acceptors (Lipinski definition) is 6. The maximum atomic E-state index is 11.2. The summed E-state index contributed by atoms with van der Waals surface area (Å²) in [5.74, 6) is 0.765. The van der Waals surface area contributed by atoms with Crippen molar-refractivity contribution in [2.45, 2.75) is 6.61 Å². The fraction of sp³-hybridized carbons (Fsp3) is 0.176. The molecular weight excluding hydrogens is 308 g/mol. The van der Waals surface area contributed by atoms with E-state index in [-0.39, 0.29) is 6.61 Å². The fourth-order valence-electron chi connectivity index (χ4n) is 2.29. The molecule has 0 amide bonds. The van der Waals surface area contributed by atoms with Gasteiger partial charge in [0.15, 0.2) is 6.29 Å². The highest BCUT2D eigenvalue weighted by Gasteiger charge is 2.08. The van der Waals surface area contributed by atoms with Crippen LogP contribution in [0.4, 0.5) is 0 Å². The summed E-state index contributed by atoms with van der Waals surface area (Å²) in [6.45, 7) is 0.271. The summed E-state index contributed by atoms with van der Waals surface area (Å²) in [4.78, 5) is 19.5. The van der Waals surface area contributed by atoms with Crippen LogP contribution in [0.25, 0.3) is 11.3 Å². The van der Waals surface area contributed by atoms with Crippen LogP contribution in [0, 0.1) is 0 Å². The second kappa shape index (κ2) is 6.91. The highest BCUT2D eigenvalue weighted by atomic mass is 16.5. The first-order chi connectivity index (χ1) is 11.7. The van der Waals surface area contributed by atoms with Crippen LogP contribution in [-0.4, -0.2) is 33.1 Å². The number of ether oxygens (including phenoxy) is 2. The van der Waals surface area contributed by atoms with Crippen LogP contribution >= 0.6 is 0 Å². The molecule has 3 heterocycles. The molecule has 24 heavy (non-hydrogen) atoms. The van der Waals surface area contributed by atoms with Crippen LogP contribution in [-0.2, 0) is 13.7 Å². The Morgan fingerprint density at radius 2 is 2.12 bits per heavy atom. The number of nitrogens with zero attached hydrogens (tertiary/aromatic N) is 4. The minimum Gasteiger partial charge on any atom is -0.486 e. The van der Waals surface area contributed by atoms with E-state index in [0.29, 0.717) is 23.5 Å². The van der Waals surface area contributed by atoms with E-state index in [1.165, 1.54) is 19.4 Å². The van der Waals surface area contributed by atoms with E-state index in [1.54, 1.807) is 23.3 Å². The molecule has 0 aliphatic heterocycles. The first kappa shape index (κ1) is 15.7. The molecule has 0 saturated heterocycles. The van der Waals surface area contributed by atoms with Crippen molar-refractivity contribution in [3.8, 4) is 22.9 Å². The van der Waals surface area contributed by atoms with Crippen LogP contribution in [0.3, 0.4) is 0 Å². The molecule has 0 N–H and O–H groups in total. The van der Waals surface area contributed by atoms with Gasteiger partial charge in [-0.2, -0.15) is 5.10 Å².